The Morgan fingerprint density at radius 2 is 1.92 bits per heavy atom. The maximum atomic E-state index is 13.3. The van der Waals surface area contributed by atoms with Gasteiger partial charge in [-0.25, -0.2) is 14.4 Å². The smallest absolute Gasteiger partial charge is 0.292 e. The van der Waals surface area contributed by atoms with Crippen molar-refractivity contribution in [1.82, 2.24) is 14.9 Å². The van der Waals surface area contributed by atoms with Crippen LogP contribution >= 0.6 is 0 Å². The van der Waals surface area contributed by atoms with Gasteiger partial charge in [0.15, 0.2) is 0 Å². The predicted octanol–water partition coefficient (Wildman–Crippen LogP) is 2.15. The van der Waals surface area contributed by atoms with Gasteiger partial charge in [-0.3, -0.25) is 15.0 Å². The molecule has 1 aromatic carbocycles. The lowest BCUT2D eigenvalue weighted by Crippen LogP contribution is -2.47. The molecule has 8 nitrogen and oxygen atoms in total. The molecule has 1 N–H and O–H groups in total. The SMILES string of the molecule is O=[N+]([O-])c1ccc(F)cc1NCCCN1CCN(c2ncccn2)CC1. The molecule has 3 rings (SSSR count). The van der Waals surface area contributed by atoms with Gasteiger partial charge in [0.1, 0.15) is 11.5 Å². The standard InChI is InChI=1S/C17H21FN6O2/c18-14-3-4-16(24(25)26)15(13-14)19-7-2-8-22-9-11-23(12-10-22)17-20-5-1-6-21-17/h1,3-6,13,19H,2,7-12H2. The summed E-state index contributed by atoms with van der Waals surface area (Å²) in [4.78, 5) is 23.5. The average Bonchev–Trinajstić information content (AvgIpc) is 2.66. The van der Waals surface area contributed by atoms with E-state index in [0.717, 1.165) is 57.2 Å². The zero-order valence-corrected chi connectivity index (χ0v) is 14.3. The van der Waals surface area contributed by atoms with Gasteiger partial charge in [0.05, 0.1) is 4.92 Å². The van der Waals surface area contributed by atoms with Gasteiger partial charge in [-0.15, -0.1) is 0 Å². The molecule has 1 saturated heterocycles. The van der Waals surface area contributed by atoms with Crippen LogP contribution in [-0.4, -0.2) is 59.1 Å². The highest BCUT2D eigenvalue weighted by Crippen LogP contribution is 2.24. The quantitative estimate of drug-likeness (QED) is 0.460. The topological polar surface area (TPSA) is 87.4 Å². The molecule has 0 atom stereocenters. The number of nitro benzene ring substituents is 1. The second-order valence-electron chi connectivity index (χ2n) is 6.08. The molecular weight excluding hydrogens is 339 g/mol. The van der Waals surface area contributed by atoms with Crippen molar-refractivity contribution in [3.63, 3.8) is 0 Å². The zero-order chi connectivity index (χ0) is 18.4. The number of nitrogens with one attached hydrogen (secondary N) is 1. The molecular formula is C17H21FN6O2. The molecule has 0 aliphatic carbocycles. The molecule has 1 aliphatic rings. The Hall–Kier alpha value is -2.81. The molecule has 2 heterocycles. The van der Waals surface area contributed by atoms with Crippen LogP contribution in [0.1, 0.15) is 6.42 Å². The van der Waals surface area contributed by atoms with Crippen LogP contribution in [0, 0.1) is 15.9 Å². The third-order valence-electron chi connectivity index (χ3n) is 4.33. The summed E-state index contributed by atoms with van der Waals surface area (Å²) in [5, 5.41) is 14.0. The Morgan fingerprint density at radius 3 is 2.62 bits per heavy atom. The van der Waals surface area contributed by atoms with E-state index < -0.39 is 10.7 Å². The van der Waals surface area contributed by atoms with Crippen molar-refractivity contribution in [1.29, 1.82) is 0 Å². The minimum atomic E-state index is -0.507. The molecule has 1 aromatic heterocycles. The molecule has 0 spiro atoms. The normalized spacial score (nSPS) is 15.0. The summed E-state index contributed by atoms with van der Waals surface area (Å²) in [5.74, 6) is 0.268. The number of nitrogens with zero attached hydrogens (tertiary/aromatic N) is 5. The fourth-order valence-electron chi connectivity index (χ4n) is 2.96. The fourth-order valence-corrected chi connectivity index (χ4v) is 2.96. The van der Waals surface area contributed by atoms with Gasteiger partial charge >= 0.3 is 0 Å². The lowest BCUT2D eigenvalue weighted by Gasteiger charge is -2.34. The second-order valence-corrected chi connectivity index (χ2v) is 6.08. The van der Waals surface area contributed by atoms with Gasteiger partial charge < -0.3 is 10.2 Å². The van der Waals surface area contributed by atoms with Crippen molar-refractivity contribution >= 4 is 17.3 Å². The Morgan fingerprint density at radius 1 is 1.19 bits per heavy atom. The maximum Gasteiger partial charge on any atom is 0.292 e. The minimum absolute atomic E-state index is 0.108. The van der Waals surface area contributed by atoms with Crippen LogP contribution in [0.15, 0.2) is 36.7 Å². The van der Waals surface area contributed by atoms with E-state index in [0.29, 0.717) is 6.54 Å². The number of piperazine rings is 1. The lowest BCUT2D eigenvalue weighted by molar-refractivity contribution is -0.384. The molecule has 1 fully saturated rings. The molecule has 2 aromatic rings. The van der Waals surface area contributed by atoms with Gasteiger partial charge in [0.2, 0.25) is 5.95 Å². The van der Waals surface area contributed by atoms with Crippen molar-refractivity contribution in [3.8, 4) is 0 Å². The predicted molar refractivity (Wildman–Crippen MR) is 96.8 cm³/mol. The van der Waals surface area contributed by atoms with Gasteiger partial charge in [-0.2, -0.15) is 0 Å². The molecule has 9 heteroatoms. The molecule has 138 valence electrons. The molecule has 0 bridgehead atoms. The van der Waals surface area contributed by atoms with Crippen molar-refractivity contribution in [2.75, 3.05) is 49.5 Å². The molecule has 26 heavy (non-hydrogen) atoms. The molecule has 0 radical (unpaired) electrons. The zero-order valence-electron chi connectivity index (χ0n) is 14.3. The van der Waals surface area contributed by atoms with Crippen LogP contribution in [0.5, 0.6) is 0 Å². The van der Waals surface area contributed by atoms with Crippen LogP contribution < -0.4 is 10.2 Å². The number of hydrogen-bond donors (Lipinski definition) is 1. The largest absolute Gasteiger partial charge is 0.379 e. The summed E-state index contributed by atoms with van der Waals surface area (Å²) >= 11 is 0. The van der Waals surface area contributed by atoms with Gasteiger partial charge in [0, 0.05) is 57.3 Å². The lowest BCUT2D eigenvalue weighted by atomic mass is 10.2. The molecule has 1 aliphatic heterocycles. The summed E-state index contributed by atoms with van der Waals surface area (Å²) in [5.41, 5.74) is 0.115. The minimum Gasteiger partial charge on any atom is -0.379 e. The van der Waals surface area contributed by atoms with Crippen molar-refractivity contribution in [3.05, 3.63) is 52.6 Å². The van der Waals surface area contributed by atoms with Crippen LogP contribution in [0.25, 0.3) is 0 Å². The van der Waals surface area contributed by atoms with E-state index in [1.807, 2.05) is 0 Å². The van der Waals surface area contributed by atoms with E-state index in [1.54, 1.807) is 18.5 Å². The number of nitro groups is 1. The first-order chi connectivity index (χ1) is 12.6. The summed E-state index contributed by atoms with van der Waals surface area (Å²) in [6, 6.07) is 5.24. The molecule has 0 unspecified atom stereocenters. The van der Waals surface area contributed by atoms with Crippen molar-refractivity contribution in [2.24, 2.45) is 0 Å². The van der Waals surface area contributed by atoms with Crippen LogP contribution in [0.4, 0.5) is 21.7 Å². The van der Waals surface area contributed by atoms with Crippen LogP contribution in [-0.2, 0) is 0 Å². The highest BCUT2D eigenvalue weighted by Gasteiger charge is 2.18. The van der Waals surface area contributed by atoms with Crippen molar-refractivity contribution in [2.45, 2.75) is 6.42 Å². The van der Waals surface area contributed by atoms with Crippen LogP contribution in [0.2, 0.25) is 0 Å². The van der Waals surface area contributed by atoms with Crippen LogP contribution in [0.3, 0.4) is 0 Å². The fraction of sp³-hybridized carbons (Fsp3) is 0.412. The van der Waals surface area contributed by atoms with E-state index in [1.165, 1.54) is 6.07 Å². The maximum absolute atomic E-state index is 13.3. The number of hydrogen-bond acceptors (Lipinski definition) is 7. The Kier molecular flexibility index (Phi) is 5.90. The van der Waals surface area contributed by atoms with Gasteiger partial charge in [0.25, 0.3) is 5.69 Å². The van der Waals surface area contributed by atoms with E-state index in [-0.39, 0.29) is 11.4 Å². The number of aromatic nitrogens is 2. The van der Waals surface area contributed by atoms with E-state index in [9.17, 15) is 14.5 Å². The molecule has 0 amide bonds. The highest BCUT2D eigenvalue weighted by atomic mass is 19.1. The van der Waals surface area contributed by atoms with E-state index >= 15 is 0 Å². The third-order valence-corrected chi connectivity index (χ3v) is 4.33. The van der Waals surface area contributed by atoms with Gasteiger partial charge in [-0.1, -0.05) is 0 Å². The van der Waals surface area contributed by atoms with Gasteiger partial charge in [-0.05, 0) is 25.1 Å². The summed E-state index contributed by atoms with van der Waals surface area (Å²) in [7, 11) is 0. The number of anilines is 2. The Balaban J connectivity index is 1.41. The summed E-state index contributed by atoms with van der Waals surface area (Å²) in [6.45, 7) is 4.99. The Bertz CT molecular complexity index is 737. The highest BCUT2D eigenvalue weighted by molar-refractivity contribution is 5.61. The summed E-state index contributed by atoms with van der Waals surface area (Å²) < 4.78 is 13.3. The third kappa shape index (κ3) is 4.63. The number of rotatable bonds is 7. The Labute approximate surface area is 150 Å². The van der Waals surface area contributed by atoms with E-state index in [4.69, 9.17) is 0 Å². The average molecular weight is 360 g/mol. The van der Waals surface area contributed by atoms with E-state index in [2.05, 4.69) is 25.1 Å². The number of halogens is 1. The number of benzene rings is 1. The first-order valence-corrected chi connectivity index (χ1v) is 8.55. The summed E-state index contributed by atoms with van der Waals surface area (Å²) in [6.07, 6.45) is 4.30. The second kappa shape index (κ2) is 8.52. The monoisotopic (exact) mass is 360 g/mol. The van der Waals surface area contributed by atoms with Crippen molar-refractivity contribution < 1.29 is 9.31 Å². The molecule has 0 saturated carbocycles. The first kappa shape index (κ1) is 18.0. The first-order valence-electron chi connectivity index (χ1n) is 8.55.